The summed E-state index contributed by atoms with van der Waals surface area (Å²) in [6.45, 7) is 0.218. The number of aromatic nitrogens is 1. The van der Waals surface area contributed by atoms with Crippen LogP contribution in [0.25, 0.3) is 11.8 Å². The van der Waals surface area contributed by atoms with Crippen molar-refractivity contribution in [1.29, 1.82) is 0 Å². The van der Waals surface area contributed by atoms with Crippen molar-refractivity contribution in [3.8, 4) is 11.5 Å². The second-order valence-electron chi connectivity index (χ2n) is 10.8. The first-order valence-electron chi connectivity index (χ1n) is 14.3. The Labute approximate surface area is 275 Å². The van der Waals surface area contributed by atoms with E-state index in [1.807, 2.05) is 47.0 Å². The van der Waals surface area contributed by atoms with E-state index in [2.05, 4.69) is 52.9 Å². The number of non-ortho nitro benzene ring substituents is 1. The quantitative estimate of drug-likeness (QED) is 0.110. The normalized spacial score (nSPS) is 15.5. The Morgan fingerprint density at radius 3 is 2.56 bits per heavy atom. The Morgan fingerprint density at radius 2 is 1.80 bits per heavy atom. The molecule has 0 saturated heterocycles. The third-order valence-electron chi connectivity index (χ3n) is 8.07. The van der Waals surface area contributed by atoms with Crippen molar-refractivity contribution in [3.05, 3.63) is 158 Å². The molecule has 45 heavy (non-hydrogen) atoms. The lowest BCUT2D eigenvalue weighted by molar-refractivity contribution is -0.384. The molecule has 1 atom stereocenters. The molecule has 10 heteroatoms. The van der Waals surface area contributed by atoms with Crippen molar-refractivity contribution in [2.45, 2.75) is 25.5 Å². The molecule has 1 aliphatic heterocycles. The lowest BCUT2D eigenvalue weighted by Crippen LogP contribution is -2.38. The molecule has 0 radical (unpaired) electrons. The van der Waals surface area contributed by atoms with Crippen LogP contribution in [0.4, 0.5) is 5.69 Å². The molecule has 0 fully saturated rings. The summed E-state index contributed by atoms with van der Waals surface area (Å²) in [5.41, 5.74) is 7.18. The van der Waals surface area contributed by atoms with Gasteiger partial charge in [0.05, 0.1) is 31.9 Å². The van der Waals surface area contributed by atoms with Crippen LogP contribution in [0.3, 0.4) is 0 Å². The molecule has 0 bridgehead atoms. The molecule has 1 aliphatic carbocycles. The summed E-state index contributed by atoms with van der Waals surface area (Å²) in [6.07, 6.45) is 3.64. The van der Waals surface area contributed by atoms with Crippen LogP contribution in [0.15, 0.2) is 106 Å². The fraction of sp³-hybridized carbons (Fsp3) is 0.143. The second-order valence-corrected chi connectivity index (χ2v) is 12.9. The molecule has 7 rings (SSSR count). The summed E-state index contributed by atoms with van der Waals surface area (Å²) in [5.74, 6) is 1.09. The van der Waals surface area contributed by atoms with E-state index >= 15 is 0 Å². The Bertz CT molecular complexity index is 2170. The van der Waals surface area contributed by atoms with E-state index in [9.17, 15) is 14.9 Å². The molecular weight excluding hydrogens is 701 g/mol. The van der Waals surface area contributed by atoms with Gasteiger partial charge in [-0.05, 0) is 93.6 Å². The SMILES string of the molecule is COc1cc(/C=c2\sc3n(c2=O)[C@H](c2ccccc2)C2=C(N=3)c3ccccc3CC2)cc(I)c1OCc1ccc([N+](=O)[O-])cc1. The number of rotatable bonds is 7. The van der Waals surface area contributed by atoms with E-state index in [-0.39, 0.29) is 23.9 Å². The van der Waals surface area contributed by atoms with Crippen LogP contribution in [-0.4, -0.2) is 16.6 Å². The predicted molar refractivity (Wildman–Crippen MR) is 182 cm³/mol. The van der Waals surface area contributed by atoms with Gasteiger partial charge in [-0.3, -0.25) is 19.5 Å². The van der Waals surface area contributed by atoms with Crippen LogP contribution in [0.5, 0.6) is 11.5 Å². The van der Waals surface area contributed by atoms with Gasteiger partial charge in [-0.25, -0.2) is 4.99 Å². The van der Waals surface area contributed by atoms with Gasteiger partial charge in [-0.2, -0.15) is 0 Å². The van der Waals surface area contributed by atoms with E-state index in [0.717, 1.165) is 44.4 Å². The molecular formula is C35H26IN3O5S. The van der Waals surface area contributed by atoms with Crippen LogP contribution in [0.2, 0.25) is 0 Å². The van der Waals surface area contributed by atoms with E-state index in [1.54, 1.807) is 19.2 Å². The maximum atomic E-state index is 14.1. The molecule has 2 heterocycles. The zero-order chi connectivity index (χ0) is 31.1. The second kappa shape index (κ2) is 12.1. The van der Waals surface area contributed by atoms with Crippen molar-refractivity contribution in [3.63, 3.8) is 0 Å². The highest BCUT2D eigenvalue weighted by Crippen LogP contribution is 2.41. The predicted octanol–water partition coefficient (Wildman–Crippen LogP) is 6.42. The maximum Gasteiger partial charge on any atom is 0.271 e. The van der Waals surface area contributed by atoms with Crippen molar-refractivity contribution in [2.75, 3.05) is 7.11 Å². The van der Waals surface area contributed by atoms with E-state index in [1.165, 1.54) is 34.6 Å². The van der Waals surface area contributed by atoms with Crippen molar-refractivity contribution in [1.82, 2.24) is 4.57 Å². The average Bonchev–Trinajstić information content (AvgIpc) is 3.37. The number of hydrogen-bond acceptors (Lipinski definition) is 7. The maximum absolute atomic E-state index is 14.1. The summed E-state index contributed by atoms with van der Waals surface area (Å²) >= 11 is 3.59. The number of ether oxygens (including phenoxy) is 2. The summed E-state index contributed by atoms with van der Waals surface area (Å²) in [6, 6.07) is 28.4. The number of halogens is 1. The monoisotopic (exact) mass is 727 g/mol. The molecule has 0 spiro atoms. The van der Waals surface area contributed by atoms with Crippen LogP contribution in [0, 0.1) is 13.7 Å². The third kappa shape index (κ3) is 5.48. The first-order chi connectivity index (χ1) is 21.9. The number of benzene rings is 4. The van der Waals surface area contributed by atoms with Crippen molar-refractivity contribution in [2.24, 2.45) is 4.99 Å². The molecule has 8 nitrogen and oxygen atoms in total. The molecule has 1 aromatic heterocycles. The third-order valence-corrected chi connectivity index (χ3v) is 9.85. The van der Waals surface area contributed by atoms with Crippen molar-refractivity contribution < 1.29 is 14.4 Å². The van der Waals surface area contributed by atoms with Crippen LogP contribution in [-0.2, 0) is 13.0 Å². The van der Waals surface area contributed by atoms with Crippen LogP contribution >= 0.6 is 33.9 Å². The van der Waals surface area contributed by atoms with E-state index in [4.69, 9.17) is 14.5 Å². The number of hydrogen-bond donors (Lipinski definition) is 0. The largest absolute Gasteiger partial charge is 0.493 e. The van der Waals surface area contributed by atoms with Gasteiger partial charge in [0, 0.05) is 17.7 Å². The average molecular weight is 728 g/mol. The molecule has 0 amide bonds. The van der Waals surface area contributed by atoms with Gasteiger partial charge in [-0.15, -0.1) is 0 Å². The molecule has 0 saturated carbocycles. The number of thiazole rings is 1. The van der Waals surface area contributed by atoms with Gasteiger partial charge in [0.1, 0.15) is 6.61 Å². The Balaban J connectivity index is 1.28. The Morgan fingerprint density at radius 1 is 1.04 bits per heavy atom. The minimum absolute atomic E-state index is 0.0284. The zero-order valence-corrected chi connectivity index (χ0v) is 27.1. The topological polar surface area (TPSA) is 96.0 Å². The lowest BCUT2D eigenvalue weighted by atomic mass is 9.83. The van der Waals surface area contributed by atoms with E-state index in [0.29, 0.717) is 20.8 Å². The number of methoxy groups -OCH3 is 1. The smallest absolute Gasteiger partial charge is 0.271 e. The Kier molecular flexibility index (Phi) is 7.84. The zero-order valence-electron chi connectivity index (χ0n) is 24.1. The molecule has 224 valence electrons. The standard InChI is InChI=1S/C35H26IN3O5S/c1-43-29-18-22(17-28(36)33(29)44-20-21-11-14-25(15-12-21)39(41)42)19-30-34(40)38-32(24-8-3-2-4-9-24)27-16-13-23-7-5-6-10-26(23)31(27)37-35(38)45-30/h2-12,14-15,17-19,32H,13,16,20H2,1H3/b30-19-/t32-/m1/s1. The molecule has 0 N–H and O–H groups in total. The number of allylic oxidation sites excluding steroid dienone is 1. The highest BCUT2D eigenvalue weighted by atomic mass is 127. The van der Waals surface area contributed by atoms with E-state index < -0.39 is 4.92 Å². The van der Waals surface area contributed by atoms with Crippen molar-refractivity contribution >= 4 is 51.4 Å². The Hall–Kier alpha value is -4.55. The van der Waals surface area contributed by atoms with Gasteiger partial charge in [0.15, 0.2) is 16.3 Å². The minimum atomic E-state index is -0.429. The van der Waals surface area contributed by atoms with Crippen LogP contribution in [0.1, 0.15) is 40.3 Å². The summed E-state index contributed by atoms with van der Waals surface area (Å²) in [5, 5.41) is 11.0. The number of nitro groups is 1. The number of nitro benzene ring substituents is 1. The number of aryl methyl sites for hydroxylation is 1. The minimum Gasteiger partial charge on any atom is -0.493 e. The summed E-state index contributed by atoms with van der Waals surface area (Å²) < 4.78 is 15.0. The fourth-order valence-electron chi connectivity index (χ4n) is 5.94. The van der Waals surface area contributed by atoms with Gasteiger partial charge in [-0.1, -0.05) is 65.9 Å². The first kappa shape index (κ1) is 29.2. The number of nitrogens with zero attached hydrogens (tertiary/aromatic N) is 3. The molecule has 0 unspecified atom stereocenters. The first-order valence-corrected chi connectivity index (χ1v) is 16.2. The molecule has 2 aliphatic rings. The van der Waals surface area contributed by atoms with Crippen LogP contribution < -0.4 is 24.4 Å². The highest BCUT2D eigenvalue weighted by Gasteiger charge is 2.32. The summed E-state index contributed by atoms with van der Waals surface area (Å²) in [4.78, 5) is 30.4. The molecule has 5 aromatic rings. The van der Waals surface area contributed by atoms with Gasteiger partial charge < -0.3 is 9.47 Å². The fourth-order valence-corrected chi connectivity index (χ4v) is 7.72. The lowest BCUT2D eigenvalue weighted by Gasteiger charge is -2.30. The van der Waals surface area contributed by atoms with Gasteiger partial charge in [0.25, 0.3) is 11.2 Å². The van der Waals surface area contributed by atoms with Gasteiger partial charge >= 0.3 is 0 Å². The highest BCUT2D eigenvalue weighted by molar-refractivity contribution is 14.1. The number of fused-ring (bicyclic) bond motifs is 3. The van der Waals surface area contributed by atoms with Gasteiger partial charge in [0.2, 0.25) is 0 Å². The summed E-state index contributed by atoms with van der Waals surface area (Å²) in [7, 11) is 1.57. The molecule has 4 aromatic carbocycles.